The fourth-order valence-corrected chi connectivity index (χ4v) is 4.36. The van der Waals surface area contributed by atoms with Gasteiger partial charge in [0.25, 0.3) is 5.91 Å². The molecule has 0 bridgehead atoms. The van der Waals surface area contributed by atoms with Gasteiger partial charge in [0.05, 0.1) is 6.26 Å². The maximum atomic E-state index is 13.3. The van der Waals surface area contributed by atoms with Crippen LogP contribution in [0.1, 0.15) is 61.1 Å². The Balaban J connectivity index is 1.30. The minimum Gasteiger partial charge on any atom is -0.469 e. The fraction of sp³-hybridized carbons (Fsp3) is 0.500. The molecule has 2 aromatic heterocycles. The molecule has 6 nitrogen and oxygen atoms in total. The molecule has 154 valence electrons. The number of rotatable bonds is 6. The first kappa shape index (κ1) is 19.6. The van der Waals surface area contributed by atoms with Gasteiger partial charge in [0.1, 0.15) is 5.76 Å². The van der Waals surface area contributed by atoms with Crippen molar-refractivity contribution in [2.75, 3.05) is 13.1 Å². The highest BCUT2D eigenvalue weighted by Crippen LogP contribution is 2.47. The van der Waals surface area contributed by atoms with Crippen molar-refractivity contribution in [1.82, 2.24) is 15.2 Å². The first-order valence-electron chi connectivity index (χ1n) is 10.2. The van der Waals surface area contributed by atoms with E-state index in [1.165, 1.54) is 12.3 Å². The van der Waals surface area contributed by atoms with E-state index in [4.69, 9.17) is 4.42 Å². The third-order valence-electron chi connectivity index (χ3n) is 6.28. The Bertz CT molecular complexity index is 871. The van der Waals surface area contributed by atoms with E-state index in [1.807, 2.05) is 24.0 Å². The molecule has 2 fully saturated rings. The molecule has 1 unspecified atom stereocenters. The van der Waals surface area contributed by atoms with Gasteiger partial charge in [-0.25, -0.2) is 4.98 Å². The summed E-state index contributed by atoms with van der Waals surface area (Å²) in [6, 6.07) is 6.42. The number of halogens is 1. The number of pyridine rings is 1. The average Bonchev–Trinajstić information content (AvgIpc) is 3.28. The smallest absolute Gasteiger partial charge is 0.251 e. The Kier molecular flexibility index (Phi) is 5.39. The summed E-state index contributed by atoms with van der Waals surface area (Å²) >= 11 is 0. The molecule has 0 aromatic carbocycles. The van der Waals surface area contributed by atoms with E-state index in [9.17, 15) is 14.0 Å². The molecular weight excluding hydrogens is 373 g/mol. The second-order valence-corrected chi connectivity index (χ2v) is 8.25. The van der Waals surface area contributed by atoms with E-state index in [-0.39, 0.29) is 23.3 Å². The van der Waals surface area contributed by atoms with E-state index in [1.54, 1.807) is 6.26 Å². The molecular formula is C22H26FN3O3. The van der Waals surface area contributed by atoms with Gasteiger partial charge < -0.3 is 14.6 Å². The van der Waals surface area contributed by atoms with Crippen LogP contribution in [0.2, 0.25) is 0 Å². The summed E-state index contributed by atoms with van der Waals surface area (Å²) in [4.78, 5) is 30.6. The summed E-state index contributed by atoms with van der Waals surface area (Å²) in [5.74, 6) is 0.469. The maximum absolute atomic E-state index is 13.3. The number of aromatic nitrogens is 1. The van der Waals surface area contributed by atoms with Gasteiger partial charge in [0.2, 0.25) is 11.9 Å². The normalized spacial score (nSPS) is 19.6. The Morgan fingerprint density at radius 2 is 2.10 bits per heavy atom. The molecule has 2 aliphatic rings. The quantitative estimate of drug-likeness (QED) is 0.755. The summed E-state index contributed by atoms with van der Waals surface area (Å²) in [7, 11) is 0. The lowest BCUT2D eigenvalue weighted by atomic mass is 9.86. The van der Waals surface area contributed by atoms with Crippen LogP contribution in [0.5, 0.6) is 0 Å². The lowest BCUT2D eigenvalue weighted by Gasteiger charge is -2.37. The van der Waals surface area contributed by atoms with Crippen LogP contribution >= 0.6 is 0 Å². The zero-order valence-electron chi connectivity index (χ0n) is 16.6. The van der Waals surface area contributed by atoms with Crippen LogP contribution in [-0.4, -0.2) is 40.3 Å². The summed E-state index contributed by atoms with van der Waals surface area (Å²) in [6.07, 6.45) is 6.97. The minimum absolute atomic E-state index is 0.0602. The first-order valence-corrected chi connectivity index (χ1v) is 10.2. The average molecular weight is 399 g/mol. The number of carbonyl (C=O) groups excluding carboxylic acids is 2. The number of likely N-dealkylation sites (tertiary alicyclic amines) is 1. The first-order chi connectivity index (χ1) is 14.0. The van der Waals surface area contributed by atoms with Gasteiger partial charge in [-0.15, -0.1) is 0 Å². The van der Waals surface area contributed by atoms with Crippen molar-refractivity contribution in [3.63, 3.8) is 0 Å². The molecule has 1 atom stereocenters. The monoisotopic (exact) mass is 399 g/mol. The third kappa shape index (κ3) is 4.33. The lowest BCUT2D eigenvalue weighted by Crippen LogP contribution is -2.48. The molecule has 4 rings (SSSR count). The molecule has 1 aliphatic heterocycles. The highest BCUT2D eigenvalue weighted by Gasteiger charge is 2.51. The number of amides is 2. The SMILES string of the molecule is CC(CC(=O)N1CCC(C2(NC(=O)c3ccnc(F)c3)CC2)CC1)c1ccco1. The maximum Gasteiger partial charge on any atom is 0.251 e. The van der Waals surface area contributed by atoms with Crippen LogP contribution < -0.4 is 5.32 Å². The topological polar surface area (TPSA) is 75.4 Å². The molecule has 1 saturated heterocycles. The van der Waals surface area contributed by atoms with Crippen molar-refractivity contribution in [3.05, 3.63) is 54.0 Å². The highest BCUT2D eigenvalue weighted by atomic mass is 19.1. The zero-order valence-corrected chi connectivity index (χ0v) is 16.6. The van der Waals surface area contributed by atoms with Crippen LogP contribution in [0.15, 0.2) is 41.1 Å². The Labute approximate surface area is 169 Å². The Morgan fingerprint density at radius 3 is 2.72 bits per heavy atom. The zero-order chi connectivity index (χ0) is 20.4. The number of nitrogens with one attached hydrogen (secondary N) is 1. The number of hydrogen-bond donors (Lipinski definition) is 1. The van der Waals surface area contributed by atoms with Crippen LogP contribution in [0.3, 0.4) is 0 Å². The van der Waals surface area contributed by atoms with Gasteiger partial charge in [-0.2, -0.15) is 4.39 Å². The van der Waals surface area contributed by atoms with E-state index in [0.717, 1.165) is 37.5 Å². The van der Waals surface area contributed by atoms with E-state index in [0.29, 0.717) is 31.0 Å². The highest BCUT2D eigenvalue weighted by molar-refractivity contribution is 5.94. The largest absolute Gasteiger partial charge is 0.469 e. The van der Waals surface area contributed by atoms with E-state index < -0.39 is 5.95 Å². The van der Waals surface area contributed by atoms with Gasteiger partial charge >= 0.3 is 0 Å². The number of carbonyl (C=O) groups is 2. The number of piperidine rings is 1. The molecule has 1 aliphatic carbocycles. The van der Waals surface area contributed by atoms with Gasteiger partial charge in [-0.3, -0.25) is 9.59 Å². The molecule has 2 amide bonds. The fourth-order valence-electron chi connectivity index (χ4n) is 4.36. The molecule has 2 aromatic rings. The predicted octanol–water partition coefficient (Wildman–Crippen LogP) is 3.51. The second-order valence-electron chi connectivity index (χ2n) is 8.25. The molecule has 1 saturated carbocycles. The van der Waals surface area contributed by atoms with Crippen molar-refractivity contribution in [2.24, 2.45) is 5.92 Å². The summed E-state index contributed by atoms with van der Waals surface area (Å²) in [5, 5.41) is 3.13. The molecule has 0 spiro atoms. The van der Waals surface area contributed by atoms with Crippen molar-refractivity contribution >= 4 is 11.8 Å². The number of hydrogen-bond acceptors (Lipinski definition) is 4. The van der Waals surface area contributed by atoms with Crippen molar-refractivity contribution < 1.29 is 18.4 Å². The molecule has 7 heteroatoms. The summed E-state index contributed by atoms with van der Waals surface area (Å²) in [5.41, 5.74) is 0.0799. The minimum atomic E-state index is -0.655. The van der Waals surface area contributed by atoms with Gasteiger partial charge in [0.15, 0.2) is 0 Å². The van der Waals surface area contributed by atoms with E-state index in [2.05, 4.69) is 10.3 Å². The van der Waals surface area contributed by atoms with Crippen LogP contribution in [0, 0.1) is 11.9 Å². The standard InChI is InChI=1S/C22H26FN3O3/c1-15(18-3-2-12-29-18)13-20(27)26-10-5-17(6-11-26)22(7-8-22)25-21(28)16-4-9-24-19(23)14-16/h2-4,9,12,14-15,17H,5-8,10-11,13H2,1H3,(H,25,28). The van der Waals surface area contributed by atoms with Crippen molar-refractivity contribution in [1.29, 1.82) is 0 Å². The lowest BCUT2D eigenvalue weighted by molar-refractivity contribution is -0.133. The molecule has 0 radical (unpaired) electrons. The third-order valence-corrected chi connectivity index (χ3v) is 6.28. The summed E-state index contributed by atoms with van der Waals surface area (Å²) in [6.45, 7) is 3.41. The molecule has 1 N–H and O–H groups in total. The Morgan fingerprint density at radius 1 is 1.34 bits per heavy atom. The van der Waals surface area contributed by atoms with Crippen LogP contribution in [-0.2, 0) is 4.79 Å². The van der Waals surface area contributed by atoms with Gasteiger partial charge in [-0.05, 0) is 49.8 Å². The van der Waals surface area contributed by atoms with Crippen LogP contribution in [0.4, 0.5) is 4.39 Å². The van der Waals surface area contributed by atoms with Crippen molar-refractivity contribution in [2.45, 2.75) is 50.5 Å². The number of nitrogens with zero attached hydrogens (tertiary/aromatic N) is 2. The van der Waals surface area contributed by atoms with Gasteiger partial charge in [0, 0.05) is 48.8 Å². The van der Waals surface area contributed by atoms with Gasteiger partial charge in [-0.1, -0.05) is 6.92 Å². The predicted molar refractivity (Wildman–Crippen MR) is 105 cm³/mol. The van der Waals surface area contributed by atoms with Crippen molar-refractivity contribution in [3.8, 4) is 0 Å². The molecule has 29 heavy (non-hydrogen) atoms. The second kappa shape index (κ2) is 7.97. The molecule has 3 heterocycles. The Hall–Kier alpha value is -2.70. The van der Waals surface area contributed by atoms with Crippen LogP contribution in [0.25, 0.3) is 0 Å². The summed E-state index contributed by atoms with van der Waals surface area (Å²) < 4.78 is 18.7. The number of furan rings is 1. The van der Waals surface area contributed by atoms with E-state index >= 15 is 0 Å².